The molecule has 1 saturated carbocycles. The van der Waals surface area contributed by atoms with Crippen LogP contribution in [-0.4, -0.2) is 31.3 Å². The van der Waals surface area contributed by atoms with Gasteiger partial charge >= 0.3 is 0 Å². The first kappa shape index (κ1) is 9.58. The standard InChI is InChI=1S/C8H12F2O2/c1-12-5-8(10)4-2-3-6(11)7(8)9/h7H,2-5H2,1H3. The van der Waals surface area contributed by atoms with Gasteiger partial charge in [0.15, 0.2) is 17.6 Å². The highest BCUT2D eigenvalue weighted by molar-refractivity contribution is 5.85. The van der Waals surface area contributed by atoms with Crippen molar-refractivity contribution in [2.24, 2.45) is 0 Å². The minimum atomic E-state index is -2.08. The van der Waals surface area contributed by atoms with Crippen LogP contribution >= 0.6 is 0 Å². The Morgan fingerprint density at radius 2 is 2.42 bits per heavy atom. The van der Waals surface area contributed by atoms with Gasteiger partial charge < -0.3 is 4.74 Å². The molecule has 0 N–H and O–H groups in total. The fourth-order valence-electron chi connectivity index (χ4n) is 1.48. The predicted octanol–water partition coefficient (Wildman–Crippen LogP) is 1.43. The molecular weight excluding hydrogens is 166 g/mol. The summed E-state index contributed by atoms with van der Waals surface area (Å²) in [5.41, 5.74) is -2.08. The Morgan fingerprint density at radius 1 is 1.75 bits per heavy atom. The normalized spacial score (nSPS) is 36.9. The summed E-state index contributed by atoms with van der Waals surface area (Å²) in [7, 11) is 1.30. The molecule has 12 heavy (non-hydrogen) atoms. The van der Waals surface area contributed by atoms with Crippen LogP contribution in [0.4, 0.5) is 8.78 Å². The van der Waals surface area contributed by atoms with Gasteiger partial charge in [-0.3, -0.25) is 4.79 Å². The van der Waals surface area contributed by atoms with Gasteiger partial charge in [-0.1, -0.05) is 0 Å². The molecule has 0 amide bonds. The fourth-order valence-corrected chi connectivity index (χ4v) is 1.48. The summed E-state index contributed by atoms with van der Waals surface area (Å²) in [6, 6.07) is 0. The average Bonchev–Trinajstić information content (AvgIpc) is 2.01. The zero-order valence-electron chi connectivity index (χ0n) is 6.98. The first-order valence-corrected chi connectivity index (χ1v) is 3.95. The minimum absolute atomic E-state index is 0.0771. The zero-order valence-corrected chi connectivity index (χ0v) is 6.98. The molecule has 0 radical (unpaired) electrons. The Bertz CT molecular complexity index is 180. The number of hydrogen-bond acceptors (Lipinski definition) is 2. The number of carbonyl (C=O) groups excluding carboxylic acids is 1. The van der Waals surface area contributed by atoms with Crippen molar-refractivity contribution in [3.05, 3.63) is 0 Å². The van der Waals surface area contributed by atoms with Crippen LogP contribution in [-0.2, 0) is 9.53 Å². The van der Waals surface area contributed by atoms with Crippen molar-refractivity contribution in [1.82, 2.24) is 0 Å². The van der Waals surface area contributed by atoms with E-state index in [0.29, 0.717) is 6.42 Å². The molecule has 0 heterocycles. The van der Waals surface area contributed by atoms with Gasteiger partial charge in [-0.05, 0) is 12.8 Å². The second-order valence-corrected chi connectivity index (χ2v) is 3.15. The lowest BCUT2D eigenvalue weighted by Crippen LogP contribution is -2.47. The Morgan fingerprint density at radius 3 is 3.00 bits per heavy atom. The number of ketones is 1. The van der Waals surface area contributed by atoms with Crippen molar-refractivity contribution < 1.29 is 18.3 Å². The zero-order chi connectivity index (χ0) is 9.19. The Balaban J connectivity index is 2.67. The first-order valence-electron chi connectivity index (χ1n) is 3.95. The molecule has 1 rings (SSSR count). The molecule has 0 bridgehead atoms. The van der Waals surface area contributed by atoms with E-state index in [4.69, 9.17) is 0 Å². The monoisotopic (exact) mass is 178 g/mol. The molecule has 0 aromatic carbocycles. The summed E-state index contributed by atoms with van der Waals surface area (Å²) in [6.45, 7) is -0.333. The molecule has 0 saturated heterocycles. The Hall–Kier alpha value is -0.510. The van der Waals surface area contributed by atoms with E-state index in [9.17, 15) is 13.6 Å². The van der Waals surface area contributed by atoms with E-state index >= 15 is 0 Å². The van der Waals surface area contributed by atoms with Crippen molar-refractivity contribution in [3.8, 4) is 0 Å². The summed E-state index contributed by atoms with van der Waals surface area (Å²) in [6.07, 6.45) is -1.35. The van der Waals surface area contributed by atoms with E-state index in [0.717, 1.165) is 0 Å². The number of halogens is 2. The smallest absolute Gasteiger partial charge is 0.194 e. The van der Waals surface area contributed by atoms with Gasteiger partial charge in [-0.25, -0.2) is 8.78 Å². The molecule has 2 atom stereocenters. The van der Waals surface area contributed by atoms with E-state index < -0.39 is 17.6 Å². The van der Waals surface area contributed by atoms with Crippen molar-refractivity contribution in [2.75, 3.05) is 13.7 Å². The third-order valence-electron chi connectivity index (χ3n) is 2.14. The topological polar surface area (TPSA) is 26.3 Å². The third kappa shape index (κ3) is 1.63. The number of rotatable bonds is 2. The molecule has 2 nitrogen and oxygen atoms in total. The molecule has 0 aromatic rings. The first-order chi connectivity index (χ1) is 5.60. The highest BCUT2D eigenvalue weighted by atomic mass is 19.2. The molecule has 0 spiro atoms. The molecule has 70 valence electrons. The van der Waals surface area contributed by atoms with Gasteiger partial charge in [0.2, 0.25) is 0 Å². The SMILES string of the molecule is COCC1(F)CCCC(=O)C1F. The largest absolute Gasteiger partial charge is 0.381 e. The van der Waals surface area contributed by atoms with Gasteiger partial charge in [0.05, 0.1) is 6.61 Å². The quantitative estimate of drug-likeness (QED) is 0.639. The maximum absolute atomic E-state index is 13.5. The molecule has 0 aliphatic heterocycles. The van der Waals surface area contributed by atoms with Crippen LogP contribution in [0.1, 0.15) is 19.3 Å². The lowest BCUT2D eigenvalue weighted by Gasteiger charge is -2.30. The molecule has 1 aliphatic rings. The van der Waals surface area contributed by atoms with Crippen LogP contribution in [0.25, 0.3) is 0 Å². The number of ether oxygens (including phenoxy) is 1. The van der Waals surface area contributed by atoms with Crippen molar-refractivity contribution >= 4 is 5.78 Å². The van der Waals surface area contributed by atoms with Gasteiger partial charge in [0, 0.05) is 13.5 Å². The van der Waals surface area contributed by atoms with E-state index in [2.05, 4.69) is 4.74 Å². The van der Waals surface area contributed by atoms with Gasteiger partial charge in [-0.2, -0.15) is 0 Å². The molecule has 1 aliphatic carbocycles. The van der Waals surface area contributed by atoms with Gasteiger partial charge in [0.25, 0.3) is 0 Å². The molecule has 0 aromatic heterocycles. The summed E-state index contributed by atoms with van der Waals surface area (Å²) in [5, 5.41) is 0. The van der Waals surface area contributed by atoms with Gasteiger partial charge in [-0.15, -0.1) is 0 Å². The third-order valence-corrected chi connectivity index (χ3v) is 2.14. The van der Waals surface area contributed by atoms with E-state index in [1.54, 1.807) is 0 Å². The predicted molar refractivity (Wildman–Crippen MR) is 39.5 cm³/mol. The number of methoxy groups -OCH3 is 1. The highest BCUT2D eigenvalue weighted by Crippen LogP contribution is 2.32. The summed E-state index contributed by atoms with van der Waals surface area (Å²) < 4.78 is 31.0. The second kappa shape index (κ2) is 3.47. The molecule has 4 heteroatoms. The summed E-state index contributed by atoms with van der Waals surface area (Å²) in [5.74, 6) is -0.638. The Kier molecular flexibility index (Phi) is 2.77. The second-order valence-electron chi connectivity index (χ2n) is 3.15. The molecule has 1 fully saturated rings. The summed E-state index contributed by atoms with van der Waals surface area (Å²) in [4.78, 5) is 10.8. The van der Waals surface area contributed by atoms with Gasteiger partial charge in [0.1, 0.15) is 0 Å². The molecule has 2 unspecified atom stereocenters. The van der Waals surface area contributed by atoms with Crippen molar-refractivity contribution in [1.29, 1.82) is 0 Å². The fraction of sp³-hybridized carbons (Fsp3) is 0.875. The van der Waals surface area contributed by atoms with Crippen LogP contribution in [0.15, 0.2) is 0 Å². The van der Waals surface area contributed by atoms with Crippen molar-refractivity contribution in [2.45, 2.75) is 31.1 Å². The Labute approximate surface area is 69.9 Å². The number of alkyl halides is 2. The number of hydrogen-bond donors (Lipinski definition) is 0. The van der Waals surface area contributed by atoms with Crippen LogP contribution in [0.2, 0.25) is 0 Å². The molecular formula is C8H12F2O2. The van der Waals surface area contributed by atoms with Crippen LogP contribution < -0.4 is 0 Å². The lowest BCUT2D eigenvalue weighted by atomic mass is 9.84. The minimum Gasteiger partial charge on any atom is -0.381 e. The van der Waals surface area contributed by atoms with Crippen LogP contribution in [0, 0.1) is 0 Å². The lowest BCUT2D eigenvalue weighted by molar-refractivity contribution is -0.137. The summed E-state index contributed by atoms with van der Waals surface area (Å²) >= 11 is 0. The van der Waals surface area contributed by atoms with E-state index in [1.807, 2.05) is 0 Å². The average molecular weight is 178 g/mol. The number of Topliss-reactive ketones (excluding diaryl/α,β-unsaturated/α-hetero) is 1. The number of carbonyl (C=O) groups is 1. The van der Waals surface area contributed by atoms with Crippen LogP contribution in [0.5, 0.6) is 0 Å². The van der Waals surface area contributed by atoms with Crippen LogP contribution in [0.3, 0.4) is 0 Å². The van der Waals surface area contributed by atoms with E-state index in [-0.39, 0.29) is 19.4 Å². The van der Waals surface area contributed by atoms with Crippen molar-refractivity contribution in [3.63, 3.8) is 0 Å². The maximum Gasteiger partial charge on any atom is 0.194 e. The highest BCUT2D eigenvalue weighted by Gasteiger charge is 2.46. The maximum atomic E-state index is 13.5. The van der Waals surface area contributed by atoms with E-state index in [1.165, 1.54) is 7.11 Å².